The number of aliphatic hydroxyl groups is 1. The Labute approximate surface area is 149 Å². The van der Waals surface area contributed by atoms with E-state index in [9.17, 15) is 9.90 Å². The van der Waals surface area contributed by atoms with Gasteiger partial charge in [-0.25, -0.2) is 4.79 Å². The van der Waals surface area contributed by atoms with E-state index in [-0.39, 0.29) is 12.0 Å². The molecule has 1 aliphatic heterocycles. The van der Waals surface area contributed by atoms with Crippen molar-refractivity contribution < 1.29 is 14.6 Å². The van der Waals surface area contributed by atoms with Crippen molar-refractivity contribution in [2.45, 2.75) is 25.4 Å². The number of nitrogens with zero attached hydrogens (tertiary/aromatic N) is 1. The van der Waals surface area contributed by atoms with Gasteiger partial charge in [-0.3, -0.25) is 0 Å². The van der Waals surface area contributed by atoms with Crippen molar-refractivity contribution in [1.29, 1.82) is 0 Å². The Morgan fingerprint density at radius 2 is 1.52 bits per heavy atom. The lowest BCUT2D eigenvalue weighted by Crippen LogP contribution is -2.46. The molecule has 1 fully saturated rings. The molecule has 0 spiro atoms. The van der Waals surface area contributed by atoms with Crippen LogP contribution in [0.2, 0.25) is 0 Å². The molecule has 0 unspecified atom stereocenters. The van der Waals surface area contributed by atoms with Crippen LogP contribution in [0.3, 0.4) is 0 Å². The molecule has 1 amide bonds. The van der Waals surface area contributed by atoms with E-state index in [1.54, 1.807) is 4.90 Å². The van der Waals surface area contributed by atoms with Gasteiger partial charge in [-0.2, -0.15) is 0 Å². The summed E-state index contributed by atoms with van der Waals surface area (Å²) < 4.78 is 5.10. The number of rotatable bonds is 4. The molecule has 0 saturated carbocycles. The lowest BCUT2D eigenvalue weighted by atomic mass is 9.72. The third-order valence-electron chi connectivity index (χ3n) is 5.04. The van der Waals surface area contributed by atoms with Crippen molar-refractivity contribution in [3.8, 4) is 0 Å². The molecule has 2 aromatic rings. The minimum absolute atomic E-state index is 0.0444. The summed E-state index contributed by atoms with van der Waals surface area (Å²) in [6.45, 7) is 3.40. The first-order valence-corrected chi connectivity index (χ1v) is 8.91. The number of piperidine rings is 1. The summed E-state index contributed by atoms with van der Waals surface area (Å²) in [4.78, 5) is 13.7. The molecule has 1 aliphatic rings. The van der Waals surface area contributed by atoms with E-state index in [0.717, 1.165) is 24.0 Å². The van der Waals surface area contributed by atoms with Gasteiger partial charge in [0.05, 0.1) is 6.61 Å². The maximum absolute atomic E-state index is 11.9. The first-order chi connectivity index (χ1) is 12.2. The molecule has 0 atom stereocenters. The molecular weight excluding hydrogens is 314 g/mol. The number of likely N-dealkylation sites (tertiary alicyclic amines) is 1. The van der Waals surface area contributed by atoms with Crippen LogP contribution in [0.5, 0.6) is 0 Å². The fourth-order valence-corrected chi connectivity index (χ4v) is 3.72. The zero-order chi connectivity index (χ0) is 17.7. The maximum atomic E-state index is 11.9. The van der Waals surface area contributed by atoms with E-state index in [0.29, 0.717) is 19.7 Å². The van der Waals surface area contributed by atoms with Gasteiger partial charge >= 0.3 is 6.09 Å². The van der Waals surface area contributed by atoms with Crippen LogP contribution in [0.15, 0.2) is 60.7 Å². The highest BCUT2D eigenvalue weighted by Gasteiger charge is 2.42. The zero-order valence-electron chi connectivity index (χ0n) is 14.6. The average Bonchev–Trinajstić information content (AvgIpc) is 2.69. The van der Waals surface area contributed by atoms with Gasteiger partial charge in [0.25, 0.3) is 0 Å². The van der Waals surface area contributed by atoms with Crippen molar-refractivity contribution in [3.05, 3.63) is 71.8 Å². The summed E-state index contributed by atoms with van der Waals surface area (Å²) in [6.07, 6.45) is 1.21. The maximum Gasteiger partial charge on any atom is 0.409 e. The monoisotopic (exact) mass is 339 g/mol. The average molecular weight is 339 g/mol. The van der Waals surface area contributed by atoms with E-state index < -0.39 is 5.60 Å². The first-order valence-electron chi connectivity index (χ1n) is 8.91. The molecule has 0 aromatic heterocycles. The van der Waals surface area contributed by atoms with Crippen molar-refractivity contribution >= 4 is 6.09 Å². The Morgan fingerprint density at radius 3 is 1.96 bits per heavy atom. The van der Waals surface area contributed by atoms with E-state index in [1.165, 1.54) is 0 Å². The SMILES string of the molecule is CCOC(=O)N1CCC(C(O)(c2ccccc2)c2ccccc2)CC1. The second-order valence-electron chi connectivity index (χ2n) is 6.46. The Kier molecular flexibility index (Phi) is 5.39. The number of ether oxygens (including phenoxy) is 1. The quantitative estimate of drug-likeness (QED) is 0.922. The molecule has 2 aromatic carbocycles. The third kappa shape index (κ3) is 3.54. The summed E-state index contributed by atoms with van der Waals surface area (Å²) in [5, 5.41) is 11.8. The van der Waals surface area contributed by atoms with Crippen molar-refractivity contribution in [3.63, 3.8) is 0 Å². The van der Waals surface area contributed by atoms with E-state index in [2.05, 4.69) is 0 Å². The third-order valence-corrected chi connectivity index (χ3v) is 5.04. The lowest BCUT2D eigenvalue weighted by Gasteiger charge is -2.42. The van der Waals surface area contributed by atoms with Gasteiger partial charge in [-0.1, -0.05) is 60.7 Å². The summed E-state index contributed by atoms with van der Waals surface area (Å²) in [5.41, 5.74) is 0.745. The summed E-state index contributed by atoms with van der Waals surface area (Å²) in [5.74, 6) is 0.0444. The molecular formula is C21H25NO3. The molecule has 25 heavy (non-hydrogen) atoms. The predicted octanol–water partition coefficient (Wildman–Crippen LogP) is 3.79. The molecule has 1 N–H and O–H groups in total. The number of hydrogen-bond donors (Lipinski definition) is 1. The predicted molar refractivity (Wildman–Crippen MR) is 97.2 cm³/mol. The molecule has 0 bridgehead atoms. The normalized spacial score (nSPS) is 15.8. The van der Waals surface area contributed by atoms with Crippen LogP contribution in [0, 0.1) is 5.92 Å². The number of carbonyl (C=O) groups excluding carboxylic acids is 1. The van der Waals surface area contributed by atoms with E-state index in [4.69, 9.17) is 4.74 Å². The fraction of sp³-hybridized carbons (Fsp3) is 0.381. The highest BCUT2D eigenvalue weighted by molar-refractivity contribution is 5.67. The van der Waals surface area contributed by atoms with E-state index in [1.807, 2.05) is 67.6 Å². The van der Waals surface area contributed by atoms with Gasteiger partial charge in [-0.05, 0) is 36.8 Å². The Bertz CT molecular complexity index is 639. The first kappa shape index (κ1) is 17.5. The summed E-state index contributed by atoms with van der Waals surface area (Å²) in [6, 6.07) is 19.6. The van der Waals surface area contributed by atoms with Crippen LogP contribution < -0.4 is 0 Å². The number of hydrogen-bond acceptors (Lipinski definition) is 3. The van der Waals surface area contributed by atoms with Crippen LogP contribution in [-0.4, -0.2) is 35.8 Å². The van der Waals surface area contributed by atoms with Gasteiger partial charge < -0.3 is 14.7 Å². The van der Waals surface area contributed by atoms with Gasteiger partial charge in [0.2, 0.25) is 0 Å². The molecule has 3 rings (SSSR count). The van der Waals surface area contributed by atoms with Crippen LogP contribution >= 0.6 is 0 Å². The van der Waals surface area contributed by atoms with Crippen LogP contribution in [0.25, 0.3) is 0 Å². The minimum atomic E-state index is -1.05. The second kappa shape index (κ2) is 7.70. The van der Waals surface area contributed by atoms with Gasteiger partial charge in [0.15, 0.2) is 0 Å². The van der Waals surface area contributed by atoms with Crippen molar-refractivity contribution in [1.82, 2.24) is 4.90 Å². The molecule has 1 heterocycles. The Morgan fingerprint density at radius 1 is 1.04 bits per heavy atom. The standard InChI is InChI=1S/C21H25NO3/c1-2-25-20(23)22-15-13-19(14-16-22)21(24,17-9-5-3-6-10-17)18-11-7-4-8-12-18/h3-12,19,24H,2,13-16H2,1H3. The Balaban J connectivity index is 1.86. The lowest BCUT2D eigenvalue weighted by molar-refractivity contribution is -0.0141. The molecule has 0 aliphatic carbocycles. The molecule has 0 radical (unpaired) electrons. The summed E-state index contributed by atoms with van der Waals surface area (Å²) >= 11 is 0. The van der Waals surface area contributed by atoms with Crippen molar-refractivity contribution in [2.75, 3.05) is 19.7 Å². The molecule has 132 valence electrons. The van der Waals surface area contributed by atoms with E-state index >= 15 is 0 Å². The number of amides is 1. The van der Waals surface area contributed by atoms with Crippen molar-refractivity contribution in [2.24, 2.45) is 5.92 Å². The topological polar surface area (TPSA) is 49.8 Å². The second-order valence-corrected chi connectivity index (χ2v) is 6.46. The van der Waals surface area contributed by atoms with Gasteiger partial charge in [0.1, 0.15) is 5.60 Å². The smallest absolute Gasteiger partial charge is 0.409 e. The number of carbonyl (C=O) groups is 1. The van der Waals surface area contributed by atoms with Crippen LogP contribution in [-0.2, 0) is 10.3 Å². The van der Waals surface area contributed by atoms with Crippen LogP contribution in [0.1, 0.15) is 30.9 Å². The molecule has 1 saturated heterocycles. The molecule has 4 nitrogen and oxygen atoms in total. The Hall–Kier alpha value is -2.33. The highest BCUT2D eigenvalue weighted by atomic mass is 16.6. The molecule has 4 heteroatoms. The zero-order valence-corrected chi connectivity index (χ0v) is 14.6. The number of benzene rings is 2. The van der Waals surface area contributed by atoms with Gasteiger partial charge in [-0.15, -0.1) is 0 Å². The largest absolute Gasteiger partial charge is 0.450 e. The minimum Gasteiger partial charge on any atom is -0.450 e. The van der Waals surface area contributed by atoms with Gasteiger partial charge in [0, 0.05) is 13.1 Å². The fourth-order valence-electron chi connectivity index (χ4n) is 3.72. The summed E-state index contributed by atoms with van der Waals surface area (Å²) in [7, 11) is 0. The highest BCUT2D eigenvalue weighted by Crippen LogP contribution is 2.41. The van der Waals surface area contributed by atoms with Crippen LogP contribution in [0.4, 0.5) is 4.79 Å².